The maximum Gasteiger partial charge on any atom is 0.289 e. The van der Waals surface area contributed by atoms with E-state index in [1.54, 1.807) is 12.1 Å². The van der Waals surface area contributed by atoms with Gasteiger partial charge in [-0.25, -0.2) is 0 Å². The number of nitrogens with zero attached hydrogens (tertiary/aromatic N) is 1. The van der Waals surface area contributed by atoms with Crippen LogP contribution in [-0.4, -0.2) is 23.4 Å². The summed E-state index contributed by atoms with van der Waals surface area (Å²) in [5.41, 5.74) is 0. The number of hydrogen-bond acceptors (Lipinski definition) is 2. The maximum atomic E-state index is 12.4. The summed E-state index contributed by atoms with van der Waals surface area (Å²) in [7, 11) is 0. The maximum absolute atomic E-state index is 12.4. The van der Waals surface area contributed by atoms with Crippen molar-refractivity contribution >= 4 is 17.5 Å². The van der Waals surface area contributed by atoms with Crippen molar-refractivity contribution in [1.82, 2.24) is 4.90 Å². The van der Waals surface area contributed by atoms with Crippen LogP contribution in [-0.2, 0) is 0 Å². The highest BCUT2D eigenvalue weighted by Crippen LogP contribution is 2.36. The molecule has 0 bridgehead atoms. The molecule has 1 aromatic heterocycles. The van der Waals surface area contributed by atoms with E-state index >= 15 is 0 Å². The first kappa shape index (κ1) is 12.1. The van der Waals surface area contributed by atoms with Gasteiger partial charge in [0.05, 0.1) is 0 Å². The van der Waals surface area contributed by atoms with E-state index in [-0.39, 0.29) is 11.1 Å². The van der Waals surface area contributed by atoms with Crippen LogP contribution in [0.2, 0.25) is 5.22 Å². The lowest BCUT2D eigenvalue weighted by atomic mass is 9.78. The highest BCUT2D eigenvalue weighted by molar-refractivity contribution is 6.29. The van der Waals surface area contributed by atoms with E-state index in [1.165, 1.54) is 25.7 Å². The van der Waals surface area contributed by atoms with Crippen LogP contribution >= 0.6 is 11.6 Å². The lowest BCUT2D eigenvalue weighted by Crippen LogP contribution is -2.49. The van der Waals surface area contributed by atoms with Crippen molar-refractivity contribution in [3.8, 4) is 0 Å². The molecule has 1 aliphatic heterocycles. The van der Waals surface area contributed by atoms with Crippen LogP contribution in [0, 0.1) is 5.92 Å². The Labute approximate surface area is 112 Å². The minimum atomic E-state index is 0.0125. The van der Waals surface area contributed by atoms with E-state index in [1.807, 2.05) is 4.90 Å². The average Bonchev–Trinajstić information content (AvgIpc) is 2.84. The van der Waals surface area contributed by atoms with Crippen LogP contribution in [0.3, 0.4) is 0 Å². The third kappa shape index (κ3) is 2.16. The zero-order valence-electron chi connectivity index (χ0n) is 10.4. The number of hydrogen-bond donors (Lipinski definition) is 0. The first-order valence-corrected chi connectivity index (χ1v) is 7.20. The largest absolute Gasteiger partial charge is 0.440 e. The predicted octanol–water partition coefficient (Wildman–Crippen LogP) is 3.73. The van der Waals surface area contributed by atoms with E-state index in [0.717, 1.165) is 19.4 Å². The summed E-state index contributed by atoms with van der Waals surface area (Å²) < 4.78 is 5.25. The summed E-state index contributed by atoms with van der Waals surface area (Å²) in [6.45, 7) is 0.859. The average molecular weight is 268 g/mol. The molecule has 2 aliphatic rings. The Bertz CT molecular complexity index is 441. The molecule has 98 valence electrons. The smallest absolute Gasteiger partial charge is 0.289 e. The molecule has 1 amide bonds. The molecule has 1 aliphatic carbocycles. The van der Waals surface area contributed by atoms with Crippen LogP contribution in [0.5, 0.6) is 0 Å². The van der Waals surface area contributed by atoms with E-state index in [0.29, 0.717) is 17.7 Å². The van der Waals surface area contributed by atoms with Gasteiger partial charge in [-0.15, -0.1) is 0 Å². The molecule has 2 atom stereocenters. The van der Waals surface area contributed by atoms with Gasteiger partial charge in [-0.3, -0.25) is 4.79 Å². The Morgan fingerprint density at radius 2 is 2.00 bits per heavy atom. The zero-order valence-corrected chi connectivity index (χ0v) is 11.2. The first-order chi connectivity index (χ1) is 8.75. The summed E-state index contributed by atoms with van der Waals surface area (Å²) in [5, 5.41) is 0.288. The number of rotatable bonds is 1. The monoisotopic (exact) mass is 267 g/mol. The number of likely N-dealkylation sites (tertiary alicyclic amines) is 1. The van der Waals surface area contributed by atoms with Crippen LogP contribution in [0.1, 0.15) is 49.1 Å². The Morgan fingerprint density at radius 3 is 2.78 bits per heavy atom. The molecule has 0 N–H and O–H groups in total. The van der Waals surface area contributed by atoms with Gasteiger partial charge in [0.15, 0.2) is 11.0 Å². The number of piperidine rings is 1. The summed E-state index contributed by atoms with van der Waals surface area (Å²) in [6, 6.07) is 3.73. The number of carbonyl (C=O) groups is 1. The van der Waals surface area contributed by atoms with Gasteiger partial charge in [0, 0.05) is 12.6 Å². The molecule has 1 saturated carbocycles. The van der Waals surface area contributed by atoms with Crippen molar-refractivity contribution in [2.24, 2.45) is 5.92 Å². The highest BCUT2D eigenvalue weighted by atomic mass is 35.5. The Kier molecular flexibility index (Phi) is 3.33. The van der Waals surface area contributed by atoms with Gasteiger partial charge in [-0.1, -0.05) is 12.8 Å². The lowest BCUT2D eigenvalue weighted by molar-refractivity contribution is 0.0362. The van der Waals surface area contributed by atoms with Gasteiger partial charge in [0.25, 0.3) is 5.91 Å². The Hall–Kier alpha value is -0.960. The molecule has 0 spiro atoms. The molecule has 4 heteroatoms. The van der Waals surface area contributed by atoms with Crippen LogP contribution in [0.25, 0.3) is 0 Å². The van der Waals surface area contributed by atoms with Gasteiger partial charge in [0.2, 0.25) is 0 Å². The molecule has 0 aromatic carbocycles. The molecule has 18 heavy (non-hydrogen) atoms. The number of furan rings is 1. The lowest BCUT2D eigenvalue weighted by Gasteiger charge is -2.43. The zero-order chi connectivity index (χ0) is 12.5. The topological polar surface area (TPSA) is 33.5 Å². The quantitative estimate of drug-likeness (QED) is 0.777. The van der Waals surface area contributed by atoms with E-state index in [4.69, 9.17) is 16.0 Å². The summed E-state index contributed by atoms with van der Waals surface area (Å²) >= 11 is 5.74. The molecule has 3 rings (SSSR count). The van der Waals surface area contributed by atoms with E-state index in [2.05, 4.69) is 0 Å². The van der Waals surface area contributed by atoms with Gasteiger partial charge in [-0.05, 0) is 55.3 Å². The fraction of sp³-hybridized carbons (Fsp3) is 0.643. The van der Waals surface area contributed by atoms with Crippen molar-refractivity contribution in [3.05, 3.63) is 23.1 Å². The Balaban J connectivity index is 1.79. The number of amides is 1. The molecule has 2 fully saturated rings. The molecule has 1 saturated heterocycles. The molecule has 2 heterocycles. The van der Waals surface area contributed by atoms with Crippen molar-refractivity contribution < 1.29 is 9.21 Å². The van der Waals surface area contributed by atoms with Crippen molar-refractivity contribution in [1.29, 1.82) is 0 Å². The minimum absolute atomic E-state index is 0.0125. The fourth-order valence-corrected chi connectivity index (χ4v) is 3.59. The summed E-state index contributed by atoms with van der Waals surface area (Å²) in [6.07, 6.45) is 7.35. The fourth-order valence-electron chi connectivity index (χ4n) is 3.45. The highest BCUT2D eigenvalue weighted by Gasteiger charge is 2.36. The van der Waals surface area contributed by atoms with Crippen LogP contribution < -0.4 is 0 Å². The van der Waals surface area contributed by atoms with Gasteiger partial charge in [-0.2, -0.15) is 0 Å². The third-order valence-corrected chi connectivity index (χ3v) is 4.49. The second-order valence-corrected chi connectivity index (χ2v) is 5.73. The molecule has 1 aromatic rings. The van der Waals surface area contributed by atoms with E-state index < -0.39 is 0 Å². The normalized spacial score (nSPS) is 27.9. The molecule has 2 unspecified atom stereocenters. The number of fused-ring (bicyclic) bond motifs is 1. The Morgan fingerprint density at radius 1 is 1.22 bits per heavy atom. The third-order valence-electron chi connectivity index (χ3n) is 4.29. The summed E-state index contributed by atoms with van der Waals surface area (Å²) in [4.78, 5) is 14.5. The molecular weight excluding hydrogens is 250 g/mol. The van der Waals surface area contributed by atoms with Crippen molar-refractivity contribution in [2.45, 2.75) is 44.6 Å². The summed E-state index contributed by atoms with van der Waals surface area (Å²) in [5.74, 6) is 1.09. The standard InChI is InChI=1S/C14H18ClNO2/c15-13-8-7-12(18-13)14(17)16-9-3-5-10-4-1-2-6-11(10)16/h7-8,10-11H,1-6,9H2. The van der Waals surface area contributed by atoms with Crippen molar-refractivity contribution in [3.63, 3.8) is 0 Å². The molecule has 3 nitrogen and oxygen atoms in total. The molecular formula is C14H18ClNO2. The van der Waals surface area contributed by atoms with Crippen LogP contribution in [0.15, 0.2) is 16.5 Å². The first-order valence-electron chi connectivity index (χ1n) is 6.82. The predicted molar refractivity (Wildman–Crippen MR) is 69.7 cm³/mol. The van der Waals surface area contributed by atoms with E-state index in [9.17, 15) is 4.79 Å². The van der Waals surface area contributed by atoms with Crippen molar-refractivity contribution in [2.75, 3.05) is 6.54 Å². The SMILES string of the molecule is O=C(c1ccc(Cl)o1)N1CCCC2CCCCC21. The van der Waals surface area contributed by atoms with Gasteiger partial charge < -0.3 is 9.32 Å². The number of halogens is 1. The van der Waals surface area contributed by atoms with Gasteiger partial charge in [0.1, 0.15) is 0 Å². The van der Waals surface area contributed by atoms with Crippen LogP contribution in [0.4, 0.5) is 0 Å². The minimum Gasteiger partial charge on any atom is -0.440 e. The molecule has 0 radical (unpaired) electrons. The second-order valence-electron chi connectivity index (χ2n) is 5.36. The van der Waals surface area contributed by atoms with Gasteiger partial charge >= 0.3 is 0 Å². The second kappa shape index (κ2) is 4.96. The number of carbonyl (C=O) groups excluding carboxylic acids is 1.